The summed E-state index contributed by atoms with van der Waals surface area (Å²) in [6.45, 7) is 2.04. The molecule has 21 heavy (non-hydrogen) atoms. The fourth-order valence-corrected chi connectivity index (χ4v) is 2.30. The highest BCUT2D eigenvalue weighted by molar-refractivity contribution is 5.98. The first-order valence-corrected chi connectivity index (χ1v) is 6.82. The van der Waals surface area contributed by atoms with E-state index in [9.17, 15) is 4.79 Å². The third-order valence-electron chi connectivity index (χ3n) is 3.43. The minimum Gasteiger partial charge on any atom is -0.350 e. The molecule has 1 aromatic heterocycles. The number of aromatic amines is 1. The van der Waals surface area contributed by atoms with E-state index in [1.807, 2.05) is 62.5 Å². The number of carbonyl (C=O) groups excluding carboxylic acids is 1. The molecule has 0 radical (unpaired) electrons. The monoisotopic (exact) mass is 279 g/mol. The van der Waals surface area contributed by atoms with Crippen molar-refractivity contribution < 1.29 is 4.79 Å². The molecule has 0 saturated carbocycles. The number of amides is 1. The first kappa shape index (κ1) is 13.2. The molecule has 4 heteroatoms. The Morgan fingerprint density at radius 2 is 1.86 bits per heavy atom. The molecule has 2 aromatic carbocycles. The lowest BCUT2D eigenvalue weighted by Gasteiger charge is -2.19. The van der Waals surface area contributed by atoms with E-state index in [-0.39, 0.29) is 5.91 Å². The van der Waals surface area contributed by atoms with E-state index >= 15 is 0 Å². The largest absolute Gasteiger partial charge is 0.350 e. The molecule has 0 aliphatic heterocycles. The highest BCUT2D eigenvalue weighted by Crippen LogP contribution is 2.17. The summed E-state index contributed by atoms with van der Waals surface area (Å²) in [4.78, 5) is 15.4. The van der Waals surface area contributed by atoms with Gasteiger partial charge in [0.25, 0.3) is 5.91 Å². The molecular formula is C17H17N3O. The molecule has 0 bridgehead atoms. The predicted octanol–water partition coefficient (Wildman–Crippen LogP) is 3.26. The van der Waals surface area contributed by atoms with Crippen LogP contribution in [0, 0.1) is 6.92 Å². The van der Waals surface area contributed by atoms with Gasteiger partial charge in [-0.15, -0.1) is 0 Å². The fourth-order valence-electron chi connectivity index (χ4n) is 2.30. The molecule has 0 unspecified atom stereocenters. The number of carbonyl (C=O) groups is 1. The van der Waals surface area contributed by atoms with E-state index in [1.165, 1.54) is 5.56 Å². The Hall–Kier alpha value is -2.75. The number of aromatic nitrogens is 1. The van der Waals surface area contributed by atoms with Gasteiger partial charge in [0.2, 0.25) is 0 Å². The van der Waals surface area contributed by atoms with Gasteiger partial charge < -0.3 is 4.98 Å². The van der Waals surface area contributed by atoms with Crippen LogP contribution in [0.15, 0.2) is 54.6 Å². The normalized spacial score (nSPS) is 10.6. The Kier molecular flexibility index (Phi) is 3.36. The van der Waals surface area contributed by atoms with E-state index < -0.39 is 0 Å². The number of nitrogens with one attached hydrogen (secondary N) is 2. The molecule has 3 aromatic rings. The van der Waals surface area contributed by atoms with E-state index in [0.717, 1.165) is 16.6 Å². The van der Waals surface area contributed by atoms with Crippen molar-refractivity contribution in [2.24, 2.45) is 0 Å². The standard InChI is InChI=1S/C17H17N3O/c1-12-8-9-15-13(10-12)11-16(18-15)17(21)19-20(2)14-6-4-3-5-7-14/h3-11,18H,1-2H3,(H,19,21). The molecule has 0 aliphatic carbocycles. The SMILES string of the molecule is Cc1ccc2[nH]c(C(=O)NN(C)c3ccccc3)cc2c1. The van der Waals surface area contributed by atoms with Crippen molar-refractivity contribution in [1.29, 1.82) is 0 Å². The molecule has 0 aliphatic rings. The van der Waals surface area contributed by atoms with Gasteiger partial charge in [-0.05, 0) is 37.3 Å². The van der Waals surface area contributed by atoms with Crippen LogP contribution in [-0.4, -0.2) is 17.9 Å². The van der Waals surface area contributed by atoms with Gasteiger partial charge in [-0.2, -0.15) is 0 Å². The van der Waals surface area contributed by atoms with E-state index in [0.29, 0.717) is 5.69 Å². The molecule has 0 atom stereocenters. The van der Waals surface area contributed by atoms with E-state index in [1.54, 1.807) is 5.01 Å². The van der Waals surface area contributed by atoms with Gasteiger partial charge in [-0.1, -0.05) is 29.8 Å². The number of aryl methyl sites for hydroxylation is 1. The predicted molar refractivity (Wildman–Crippen MR) is 85.3 cm³/mol. The summed E-state index contributed by atoms with van der Waals surface area (Å²) in [6, 6.07) is 17.6. The van der Waals surface area contributed by atoms with Gasteiger partial charge in [-0.3, -0.25) is 15.2 Å². The molecular weight excluding hydrogens is 262 g/mol. The molecule has 1 amide bonds. The van der Waals surface area contributed by atoms with Crippen LogP contribution < -0.4 is 10.4 Å². The number of fused-ring (bicyclic) bond motifs is 1. The van der Waals surface area contributed by atoms with Crippen molar-refractivity contribution in [3.8, 4) is 0 Å². The highest BCUT2D eigenvalue weighted by Gasteiger charge is 2.11. The van der Waals surface area contributed by atoms with Crippen LogP contribution in [0.4, 0.5) is 5.69 Å². The summed E-state index contributed by atoms with van der Waals surface area (Å²) in [5.74, 6) is -0.157. The fraction of sp³-hybridized carbons (Fsp3) is 0.118. The molecule has 0 saturated heterocycles. The number of anilines is 1. The second-order valence-electron chi connectivity index (χ2n) is 5.11. The maximum Gasteiger partial charge on any atom is 0.286 e. The van der Waals surface area contributed by atoms with Gasteiger partial charge in [0, 0.05) is 18.0 Å². The second-order valence-corrected chi connectivity index (χ2v) is 5.11. The number of para-hydroxylation sites is 1. The van der Waals surface area contributed by atoms with Crippen LogP contribution in [0.2, 0.25) is 0 Å². The van der Waals surface area contributed by atoms with Gasteiger partial charge >= 0.3 is 0 Å². The minimum absolute atomic E-state index is 0.157. The number of hydrazine groups is 1. The van der Waals surface area contributed by atoms with Gasteiger partial charge in [0.15, 0.2) is 0 Å². The zero-order chi connectivity index (χ0) is 14.8. The zero-order valence-corrected chi connectivity index (χ0v) is 12.1. The summed E-state index contributed by atoms with van der Waals surface area (Å²) in [7, 11) is 1.82. The average Bonchev–Trinajstić information content (AvgIpc) is 2.91. The van der Waals surface area contributed by atoms with Gasteiger partial charge in [0.05, 0.1) is 5.69 Å². The number of hydrogen-bond acceptors (Lipinski definition) is 2. The Morgan fingerprint density at radius 3 is 2.62 bits per heavy atom. The van der Waals surface area contributed by atoms with Crippen LogP contribution in [0.25, 0.3) is 10.9 Å². The van der Waals surface area contributed by atoms with E-state index in [4.69, 9.17) is 0 Å². The summed E-state index contributed by atoms with van der Waals surface area (Å²) in [6.07, 6.45) is 0. The number of hydrogen-bond donors (Lipinski definition) is 2. The Balaban J connectivity index is 1.80. The highest BCUT2D eigenvalue weighted by atomic mass is 16.2. The van der Waals surface area contributed by atoms with Crippen LogP contribution in [0.1, 0.15) is 16.1 Å². The van der Waals surface area contributed by atoms with Gasteiger partial charge in [-0.25, -0.2) is 0 Å². The summed E-state index contributed by atoms with van der Waals surface area (Å²) >= 11 is 0. The molecule has 3 rings (SSSR count). The zero-order valence-electron chi connectivity index (χ0n) is 12.1. The Morgan fingerprint density at radius 1 is 1.10 bits per heavy atom. The molecule has 1 heterocycles. The maximum absolute atomic E-state index is 12.3. The number of benzene rings is 2. The lowest BCUT2D eigenvalue weighted by atomic mass is 10.2. The van der Waals surface area contributed by atoms with Crippen LogP contribution >= 0.6 is 0 Å². The van der Waals surface area contributed by atoms with E-state index in [2.05, 4.69) is 16.5 Å². The average molecular weight is 279 g/mol. The summed E-state index contributed by atoms with van der Waals surface area (Å²) in [5, 5.41) is 2.75. The van der Waals surface area contributed by atoms with Crippen molar-refractivity contribution in [1.82, 2.24) is 10.4 Å². The molecule has 4 nitrogen and oxygen atoms in total. The molecule has 2 N–H and O–H groups in total. The first-order valence-electron chi connectivity index (χ1n) is 6.82. The maximum atomic E-state index is 12.3. The third kappa shape index (κ3) is 2.74. The number of rotatable bonds is 3. The van der Waals surface area contributed by atoms with Crippen molar-refractivity contribution in [3.63, 3.8) is 0 Å². The summed E-state index contributed by atoms with van der Waals surface area (Å²) < 4.78 is 0. The van der Waals surface area contributed by atoms with Crippen molar-refractivity contribution in [2.75, 3.05) is 12.1 Å². The number of nitrogens with zero attached hydrogens (tertiary/aromatic N) is 1. The topological polar surface area (TPSA) is 48.1 Å². The van der Waals surface area contributed by atoms with Crippen molar-refractivity contribution in [3.05, 3.63) is 65.9 Å². The third-order valence-corrected chi connectivity index (χ3v) is 3.43. The summed E-state index contributed by atoms with van der Waals surface area (Å²) in [5.41, 5.74) is 6.48. The lowest BCUT2D eigenvalue weighted by molar-refractivity contribution is 0.0947. The van der Waals surface area contributed by atoms with Crippen LogP contribution in [0.5, 0.6) is 0 Å². The van der Waals surface area contributed by atoms with Crippen LogP contribution in [0.3, 0.4) is 0 Å². The second kappa shape index (κ2) is 5.32. The molecule has 106 valence electrons. The van der Waals surface area contributed by atoms with Crippen molar-refractivity contribution in [2.45, 2.75) is 6.92 Å². The van der Waals surface area contributed by atoms with Gasteiger partial charge in [0.1, 0.15) is 5.69 Å². The Labute approximate surface area is 123 Å². The minimum atomic E-state index is -0.157. The molecule has 0 spiro atoms. The first-order chi connectivity index (χ1) is 10.1. The Bertz CT molecular complexity index is 777. The lowest BCUT2D eigenvalue weighted by Crippen LogP contribution is -2.39. The van der Waals surface area contributed by atoms with Crippen LogP contribution in [-0.2, 0) is 0 Å². The molecule has 0 fully saturated rings. The number of H-pyrrole nitrogens is 1. The smallest absolute Gasteiger partial charge is 0.286 e. The quantitative estimate of drug-likeness (QED) is 0.723. The van der Waals surface area contributed by atoms with Crippen molar-refractivity contribution >= 4 is 22.5 Å².